The van der Waals surface area contributed by atoms with Gasteiger partial charge in [0.2, 0.25) is 5.95 Å². The van der Waals surface area contributed by atoms with E-state index in [1.54, 1.807) is 12.1 Å². The van der Waals surface area contributed by atoms with Gasteiger partial charge in [0.1, 0.15) is 5.82 Å². The SMILES string of the molecule is Cc1cn(CC(C)C)c(NCCc2cccc(F)c2)n1. The van der Waals surface area contributed by atoms with Crippen molar-refractivity contribution in [3.8, 4) is 0 Å². The average Bonchev–Trinajstić information content (AvgIpc) is 2.69. The van der Waals surface area contributed by atoms with Gasteiger partial charge in [-0.25, -0.2) is 9.37 Å². The first-order valence-electron chi connectivity index (χ1n) is 7.06. The highest BCUT2D eigenvalue weighted by molar-refractivity contribution is 5.29. The van der Waals surface area contributed by atoms with Gasteiger partial charge < -0.3 is 9.88 Å². The number of rotatable bonds is 6. The van der Waals surface area contributed by atoms with Gasteiger partial charge in [0, 0.05) is 19.3 Å². The number of nitrogens with one attached hydrogen (secondary N) is 1. The molecule has 0 aliphatic carbocycles. The monoisotopic (exact) mass is 275 g/mol. The predicted molar refractivity (Wildman–Crippen MR) is 80.4 cm³/mol. The zero-order valence-corrected chi connectivity index (χ0v) is 12.4. The van der Waals surface area contributed by atoms with E-state index in [-0.39, 0.29) is 5.82 Å². The highest BCUT2D eigenvalue weighted by atomic mass is 19.1. The average molecular weight is 275 g/mol. The third-order valence-electron chi connectivity index (χ3n) is 3.04. The minimum Gasteiger partial charge on any atom is -0.355 e. The molecule has 2 aromatic rings. The first-order chi connectivity index (χ1) is 9.54. The Balaban J connectivity index is 1.93. The van der Waals surface area contributed by atoms with Crippen LogP contribution in [-0.2, 0) is 13.0 Å². The van der Waals surface area contributed by atoms with Gasteiger partial charge in [0.15, 0.2) is 0 Å². The molecule has 4 heteroatoms. The predicted octanol–water partition coefficient (Wildman–Crippen LogP) is 3.64. The van der Waals surface area contributed by atoms with Crippen LogP contribution in [0, 0.1) is 18.7 Å². The number of nitrogens with zero attached hydrogens (tertiary/aromatic N) is 2. The maximum atomic E-state index is 13.1. The normalized spacial score (nSPS) is 11.1. The Kier molecular flexibility index (Phi) is 4.77. The number of aryl methyl sites for hydroxylation is 1. The molecule has 0 aliphatic heterocycles. The van der Waals surface area contributed by atoms with Gasteiger partial charge in [0.25, 0.3) is 0 Å². The number of halogens is 1. The number of aromatic nitrogens is 2. The summed E-state index contributed by atoms with van der Waals surface area (Å²) in [4.78, 5) is 4.49. The highest BCUT2D eigenvalue weighted by Crippen LogP contribution is 2.12. The lowest BCUT2D eigenvalue weighted by Crippen LogP contribution is -2.12. The molecule has 0 atom stereocenters. The molecule has 1 heterocycles. The lowest BCUT2D eigenvalue weighted by atomic mass is 10.1. The summed E-state index contributed by atoms with van der Waals surface area (Å²) in [5.74, 6) is 1.29. The van der Waals surface area contributed by atoms with Crippen LogP contribution in [0.1, 0.15) is 25.1 Å². The topological polar surface area (TPSA) is 29.9 Å². The molecule has 1 N–H and O–H groups in total. The molecule has 0 unspecified atom stereocenters. The fraction of sp³-hybridized carbons (Fsp3) is 0.438. The minimum atomic E-state index is -0.181. The number of benzene rings is 1. The van der Waals surface area contributed by atoms with Gasteiger partial charge >= 0.3 is 0 Å². The molecule has 0 aliphatic rings. The minimum absolute atomic E-state index is 0.181. The number of hydrogen-bond acceptors (Lipinski definition) is 2. The summed E-state index contributed by atoms with van der Waals surface area (Å²) >= 11 is 0. The molecule has 20 heavy (non-hydrogen) atoms. The van der Waals surface area contributed by atoms with Crippen LogP contribution in [0.2, 0.25) is 0 Å². The lowest BCUT2D eigenvalue weighted by Gasteiger charge is -2.11. The van der Waals surface area contributed by atoms with Crippen LogP contribution in [0.25, 0.3) is 0 Å². The third-order valence-corrected chi connectivity index (χ3v) is 3.04. The second kappa shape index (κ2) is 6.55. The number of imidazole rings is 1. The van der Waals surface area contributed by atoms with E-state index >= 15 is 0 Å². The summed E-state index contributed by atoms with van der Waals surface area (Å²) in [6.07, 6.45) is 2.84. The zero-order valence-electron chi connectivity index (χ0n) is 12.4. The van der Waals surface area contributed by atoms with Crippen molar-refractivity contribution in [1.29, 1.82) is 0 Å². The fourth-order valence-corrected chi connectivity index (χ4v) is 2.23. The summed E-state index contributed by atoms with van der Waals surface area (Å²) in [7, 11) is 0. The van der Waals surface area contributed by atoms with Crippen molar-refractivity contribution in [1.82, 2.24) is 9.55 Å². The molecule has 0 amide bonds. The molecule has 0 fully saturated rings. The highest BCUT2D eigenvalue weighted by Gasteiger charge is 2.06. The van der Waals surface area contributed by atoms with Crippen molar-refractivity contribution < 1.29 is 4.39 Å². The summed E-state index contributed by atoms with van der Waals surface area (Å²) in [6.45, 7) is 8.06. The molecule has 1 aromatic heterocycles. The Labute approximate surface area is 119 Å². The molecule has 0 saturated heterocycles. The lowest BCUT2D eigenvalue weighted by molar-refractivity contribution is 0.526. The molecule has 108 valence electrons. The Bertz CT molecular complexity index is 561. The molecular formula is C16H22FN3. The zero-order chi connectivity index (χ0) is 14.5. The third kappa shape index (κ3) is 4.08. The van der Waals surface area contributed by atoms with Crippen molar-refractivity contribution in [2.24, 2.45) is 5.92 Å². The number of hydrogen-bond donors (Lipinski definition) is 1. The quantitative estimate of drug-likeness (QED) is 0.872. The second-order valence-electron chi connectivity index (χ2n) is 5.56. The van der Waals surface area contributed by atoms with E-state index in [0.29, 0.717) is 5.92 Å². The van der Waals surface area contributed by atoms with E-state index in [1.807, 2.05) is 13.0 Å². The smallest absolute Gasteiger partial charge is 0.203 e. The summed E-state index contributed by atoms with van der Waals surface area (Å²) in [5, 5.41) is 3.34. The Morgan fingerprint density at radius 2 is 2.15 bits per heavy atom. The second-order valence-corrected chi connectivity index (χ2v) is 5.56. The maximum Gasteiger partial charge on any atom is 0.203 e. The maximum absolute atomic E-state index is 13.1. The van der Waals surface area contributed by atoms with Gasteiger partial charge in [0.05, 0.1) is 5.69 Å². The summed E-state index contributed by atoms with van der Waals surface area (Å²) in [6, 6.07) is 6.73. The summed E-state index contributed by atoms with van der Waals surface area (Å²) < 4.78 is 15.2. The Hall–Kier alpha value is -1.84. The molecule has 3 nitrogen and oxygen atoms in total. The van der Waals surface area contributed by atoms with E-state index in [1.165, 1.54) is 6.07 Å². The van der Waals surface area contributed by atoms with Crippen LogP contribution >= 0.6 is 0 Å². The fourth-order valence-electron chi connectivity index (χ4n) is 2.23. The molecule has 0 spiro atoms. The van der Waals surface area contributed by atoms with Crippen LogP contribution in [0.3, 0.4) is 0 Å². The van der Waals surface area contributed by atoms with Crippen LogP contribution < -0.4 is 5.32 Å². The van der Waals surface area contributed by atoms with Gasteiger partial charge in [-0.1, -0.05) is 26.0 Å². The van der Waals surface area contributed by atoms with E-state index in [4.69, 9.17) is 0 Å². The largest absolute Gasteiger partial charge is 0.355 e. The molecule has 0 radical (unpaired) electrons. The van der Waals surface area contributed by atoms with Crippen LogP contribution in [-0.4, -0.2) is 16.1 Å². The van der Waals surface area contributed by atoms with Crippen LogP contribution in [0.15, 0.2) is 30.5 Å². The first-order valence-corrected chi connectivity index (χ1v) is 7.06. The molecule has 0 bridgehead atoms. The van der Waals surface area contributed by atoms with Crippen molar-refractivity contribution in [3.63, 3.8) is 0 Å². The van der Waals surface area contributed by atoms with Crippen molar-refractivity contribution in [2.75, 3.05) is 11.9 Å². The van der Waals surface area contributed by atoms with E-state index in [0.717, 1.165) is 36.7 Å². The van der Waals surface area contributed by atoms with Crippen molar-refractivity contribution in [2.45, 2.75) is 33.7 Å². The molecule has 0 saturated carbocycles. The van der Waals surface area contributed by atoms with Gasteiger partial charge in [-0.05, 0) is 37.0 Å². The van der Waals surface area contributed by atoms with Crippen molar-refractivity contribution >= 4 is 5.95 Å². The van der Waals surface area contributed by atoms with Gasteiger partial charge in [-0.2, -0.15) is 0 Å². The van der Waals surface area contributed by atoms with Gasteiger partial charge in [-0.15, -0.1) is 0 Å². The molecule has 1 aromatic carbocycles. The van der Waals surface area contributed by atoms with Crippen LogP contribution in [0.5, 0.6) is 0 Å². The molecular weight excluding hydrogens is 253 g/mol. The van der Waals surface area contributed by atoms with Crippen LogP contribution in [0.4, 0.5) is 10.3 Å². The van der Waals surface area contributed by atoms with E-state index in [9.17, 15) is 4.39 Å². The first kappa shape index (κ1) is 14.6. The van der Waals surface area contributed by atoms with Crippen molar-refractivity contribution in [3.05, 3.63) is 47.5 Å². The number of anilines is 1. The Morgan fingerprint density at radius 1 is 1.35 bits per heavy atom. The van der Waals surface area contributed by atoms with E-state index in [2.05, 4.69) is 34.9 Å². The summed E-state index contributed by atoms with van der Waals surface area (Å²) in [5.41, 5.74) is 2.01. The van der Waals surface area contributed by atoms with Gasteiger partial charge in [-0.3, -0.25) is 0 Å². The Morgan fingerprint density at radius 3 is 2.85 bits per heavy atom. The standard InChI is InChI=1S/C16H22FN3/c1-12(2)10-20-11-13(3)19-16(20)18-8-7-14-5-4-6-15(17)9-14/h4-6,9,11-12H,7-8,10H2,1-3H3,(H,18,19). The van der Waals surface area contributed by atoms with E-state index < -0.39 is 0 Å². The molecule has 2 rings (SSSR count).